The third kappa shape index (κ3) is 11.1. The predicted octanol–water partition coefficient (Wildman–Crippen LogP) is 2.24. The minimum absolute atomic E-state index is 0.375. The topological polar surface area (TPSA) is 37.3 Å². The largest absolute Gasteiger partial charge is 0.389 e. The fourth-order valence-electron chi connectivity index (χ4n) is 0.890. The number of aliphatic hydroxyl groups is 1. The van der Waals surface area contributed by atoms with Crippen LogP contribution in [0.5, 0.6) is 0 Å². The molecule has 1 N–H and O–H groups in total. The second-order valence-electron chi connectivity index (χ2n) is 3.00. The SMILES string of the molecule is C[C@H](O)/C=C/C=C\CCCCC=O. The Labute approximate surface area is 80.0 Å². The first-order chi connectivity index (χ1) is 6.27. The summed E-state index contributed by atoms with van der Waals surface area (Å²) in [5.41, 5.74) is 0. The van der Waals surface area contributed by atoms with E-state index in [1.54, 1.807) is 13.0 Å². The average molecular weight is 182 g/mol. The Balaban J connectivity index is 3.26. The molecular weight excluding hydrogens is 164 g/mol. The second-order valence-corrected chi connectivity index (χ2v) is 3.00. The zero-order valence-corrected chi connectivity index (χ0v) is 8.15. The Bertz CT molecular complexity index is 169. The molecule has 0 rings (SSSR count). The van der Waals surface area contributed by atoms with E-state index in [9.17, 15) is 4.79 Å². The van der Waals surface area contributed by atoms with E-state index >= 15 is 0 Å². The van der Waals surface area contributed by atoms with Crippen molar-refractivity contribution in [2.24, 2.45) is 0 Å². The van der Waals surface area contributed by atoms with Gasteiger partial charge in [0.05, 0.1) is 6.10 Å². The first-order valence-electron chi connectivity index (χ1n) is 4.72. The summed E-state index contributed by atoms with van der Waals surface area (Å²) < 4.78 is 0. The van der Waals surface area contributed by atoms with Crippen LogP contribution in [-0.4, -0.2) is 17.5 Å². The van der Waals surface area contributed by atoms with E-state index in [-0.39, 0.29) is 6.10 Å². The lowest BCUT2D eigenvalue weighted by molar-refractivity contribution is -0.107. The van der Waals surface area contributed by atoms with Crippen LogP contribution >= 0.6 is 0 Å². The van der Waals surface area contributed by atoms with E-state index in [0.29, 0.717) is 6.42 Å². The summed E-state index contributed by atoms with van der Waals surface area (Å²) in [6.07, 6.45) is 11.8. The van der Waals surface area contributed by atoms with Crippen LogP contribution in [0.3, 0.4) is 0 Å². The molecule has 0 fully saturated rings. The van der Waals surface area contributed by atoms with Crippen LogP contribution in [0.4, 0.5) is 0 Å². The Morgan fingerprint density at radius 2 is 1.92 bits per heavy atom. The van der Waals surface area contributed by atoms with Crippen LogP contribution < -0.4 is 0 Å². The van der Waals surface area contributed by atoms with E-state index in [2.05, 4.69) is 0 Å². The second kappa shape index (κ2) is 9.20. The molecule has 0 aromatic carbocycles. The van der Waals surface area contributed by atoms with Gasteiger partial charge in [0.15, 0.2) is 0 Å². The van der Waals surface area contributed by atoms with Gasteiger partial charge in [-0.25, -0.2) is 0 Å². The number of aldehydes is 1. The Morgan fingerprint density at radius 3 is 2.54 bits per heavy atom. The monoisotopic (exact) mass is 182 g/mol. The number of carbonyl (C=O) groups excluding carboxylic acids is 1. The molecule has 2 nitrogen and oxygen atoms in total. The van der Waals surface area contributed by atoms with Gasteiger partial charge in [0, 0.05) is 6.42 Å². The van der Waals surface area contributed by atoms with Crippen molar-refractivity contribution < 1.29 is 9.90 Å². The molecule has 1 atom stereocenters. The molecule has 0 radical (unpaired) electrons. The number of allylic oxidation sites excluding steroid dienone is 3. The van der Waals surface area contributed by atoms with Crippen LogP contribution in [0.2, 0.25) is 0 Å². The van der Waals surface area contributed by atoms with Crippen LogP contribution in [0.25, 0.3) is 0 Å². The number of carbonyl (C=O) groups is 1. The highest BCUT2D eigenvalue weighted by Gasteiger charge is 1.84. The highest BCUT2D eigenvalue weighted by atomic mass is 16.3. The Kier molecular flexibility index (Phi) is 8.57. The number of rotatable bonds is 7. The summed E-state index contributed by atoms with van der Waals surface area (Å²) in [4.78, 5) is 9.96. The van der Waals surface area contributed by atoms with Gasteiger partial charge < -0.3 is 9.90 Å². The summed E-state index contributed by atoms with van der Waals surface area (Å²) in [5, 5.41) is 8.87. The average Bonchev–Trinajstić information content (AvgIpc) is 2.09. The first-order valence-corrected chi connectivity index (χ1v) is 4.72. The van der Waals surface area contributed by atoms with Crippen LogP contribution in [-0.2, 0) is 4.79 Å². The van der Waals surface area contributed by atoms with Crippen LogP contribution in [0.15, 0.2) is 24.3 Å². The number of unbranched alkanes of at least 4 members (excludes halogenated alkanes) is 3. The molecule has 0 amide bonds. The normalized spacial score (nSPS) is 14.0. The van der Waals surface area contributed by atoms with Gasteiger partial charge in [-0.1, -0.05) is 24.3 Å². The van der Waals surface area contributed by atoms with Crippen molar-refractivity contribution in [1.29, 1.82) is 0 Å². The molecule has 0 aromatic rings. The van der Waals surface area contributed by atoms with Gasteiger partial charge in [0.25, 0.3) is 0 Å². The van der Waals surface area contributed by atoms with Crippen molar-refractivity contribution in [3.05, 3.63) is 24.3 Å². The van der Waals surface area contributed by atoms with Gasteiger partial charge in [-0.2, -0.15) is 0 Å². The lowest BCUT2D eigenvalue weighted by Crippen LogP contribution is -1.90. The molecule has 0 aromatic heterocycles. The number of aliphatic hydroxyl groups excluding tert-OH is 1. The molecule has 0 spiro atoms. The summed E-state index contributed by atoms with van der Waals surface area (Å²) in [5.74, 6) is 0. The van der Waals surface area contributed by atoms with Crippen molar-refractivity contribution in [2.45, 2.75) is 38.7 Å². The van der Waals surface area contributed by atoms with E-state index < -0.39 is 0 Å². The third-order valence-corrected chi connectivity index (χ3v) is 1.58. The van der Waals surface area contributed by atoms with Gasteiger partial charge in [0.2, 0.25) is 0 Å². The molecule has 0 aliphatic rings. The fourth-order valence-corrected chi connectivity index (χ4v) is 0.890. The van der Waals surface area contributed by atoms with Gasteiger partial charge in [-0.3, -0.25) is 0 Å². The van der Waals surface area contributed by atoms with E-state index in [4.69, 9.17) is 5.11 Å². The minimum atomic E-state index is -0.375. The quantitative estimate of drug-likeness (QED) is 0.372. The van der Waals surface area contributed by atoms with Gasteiger partial charge in [-0.15, -0.1) is 0 Å². The molecule has 13 heavy (non-hydrogen) atoms. The van der Waals surface area contributed by atoms with Crippen molar-refractivity contribution in [1.82, 2.24) is 0 Å². The Morgan fingerprint density at radius 1 is 1.23 bits per heavy atom. The van der Waals surface area contributed by atoms with E-state index in [1.807, 2.05) is 18.2 Å². The first kappa shape index (κ1) is 12.1. The van der Waals surface area contributed by atoms with Gasteiger partial charge in [0.1, 0.15) is 6.29 Å². The highest BCUT2D eigenvalue weighted by Crippen LogP contribution is 1.98. The maximum atomic E-state index is 9.96. The molecule has 0 unspecified atom stereocenters. The van der Waals surface area contributed by atoms with Crippen molar-refractivity contribution in [3.8, 4) is 0 Å². The summed E-state index contributed by atoms with van der Waals surface area (Å²) in [7, 11) is 0. The van der Waals surface area contributed by atoms with Crippen molar-refractivity contribution >= 4 is 6.29 Å². The van der Waals surface area contributed by atoms with E-state index in [1.165, 1.54) is 0 Å². The molecule has 0 saturated carbocycles. The van der Waals surface area contributed by atoms with Crippen molar-refractivity contribution in [3.63, 3.8) is 0 Å². The molecule has 0 aliphatic heterocycles. The summed E-state index contributed by atoms with van der Waals surface area (Å²) in [6, 6.07) is 0. The lowest BCUT2D eigenvalue weighted by atomic mass is 10.2. The zero-order chi connectivity index (χ0) is 9.94. The standard InChI is InChI=1S/C11H18O2/c1-11(13)9-7-5-3-2-4-6-8-10-12/h3,5,7,9-11,13H,2,4,6,8H2,1H3/b5-3-,9-7+/t11-/m0/s1. The summed E-state index contributed by atoms with van der Waals surface area (Å²) in [6.45, 7) is 1.72. The number of hydrogen-bond acceptors (Lipinski definition) is 2. The smallest absolute Gasteiger partial charge is 0.119 e. The maximum Gasteiger partial charge on any atom is 0.119 e. The molecule has 0 heterocycles. The predicted molar refractivity (Wildman–Crippen MR) is 54.5 cm³/mol. The van der Waals surface area contributed by atoms with Gasteiger partial charge in [-0.05, 0) is 26.2 Å². The lowest BCUT2D eigenvalue weighted by Gasteiger charge is -1.91. The molecule has 74 valence electrons. The molecule has 0 bridgehead atoms. The van der Waals surface area contributed by atoms with E-state index in [0.717, 1.165) is 25.5 Å². The number of hydrogen-bond donors (Lipinski definition) is 1. The van der Waals surface area contributed by atoms with Crippen LogP contribution in [0.1, 0.15) is 32.6 Å². The highest BCUT2D eigenvalue weighted by molar-refractivity contribution is 5.48. The maximum absolute atomic E-state index is 9.96. The Hall–Kier alpha value is -0.890. The van der Waals surface area contributed by atoms with Crippen molar-refractivity contribution in [2.75, 3.05) is 0 Å². The molecule has 0 aliphatic carbocycles. The van der Waals surface area contributed by atoms with Crippen LogP contribution in [0, 0.1) is 0 Å². The molecule has 2 heteroatoms. The minimum Gasteiger partial charge on any atom is -0.389 e. The third-order valence-electron chi connectivity index (χ3n) is 1.58. The zero-order valence-electron chi connectivity index (χ0n) is 8.15. The molecular formula is C11H18O2. The molecule has 0 saturated heterocycles. The summed E-state index contributed by atoms with van der Waals surface area (Å²) >= 11 is 0. The fraction of sp³-hybridized carbons (Fsp3) is 0.545. The van der Waals surface area contributed by atoms with Gasteiger partial charge >= 0.3 is 0 Å².